The minimum absolute atomic E-state index is 0.232. The smallest absolute Gasteiger partial charge is 0.223 e. The van der Waals surface area contributed by atoms with E-state index in [0.717, 1.165) is 22.6 Å². The Labute approximate surface area is 196 Å². The maximum Gasteiger partial charge on any atom is 0.223 e. The molecule has 7 heteroatoms. The van der Waals surface area contributed by atoms with Crippen LogP contribution in [0.3, 0.4) is 0 Å². The Bertz CT molecular complexity index is 1070. The van der Waals surface area contributed by atoms with E-state index in [1.54, 1.807) is 38.6 Å². The molecule has 174 valence electrons. The Hall–Kier alpha value is -3.16. The lowest BCUT2D eigenvalue weighted by Crippen LogP contribution is -2.34. The molecule has 3 rings (SSSR count). The molecule has 33 heavy (non-hydrogen) atoms. The van der Waals surface area contributed by atoms with E-state index in [4.69, 9.17) is 9.47 Å². The predicted molar refractivity (Wildman–Crippen MR) is 131 cm³/mol. The van der Waals surface area contributed by atoms with Crippen LogP contribution in [-0.2, 0) is 23.1 Å². The summed E-state index contributed by atoms with van der Waals surface area (Å²) in [6.07, 6.45) is 4.34. The molecule has 0 radical (unpaired) electrons. The van der Waals surface area contributed by atoms with Crippen molar-refractivity contribution < 1.29 is 17.9 Å². The van der Waals surface area contributed by atoms with Gasteiger partial charge in [-0.15, -0.1) is 6.58 Å². The van der Waals surface area contributed by atoms with Gasteiger partial charge < -0.3 is 9.47 Å². The van der Waals surface area contributed by atoms with Gasteiger partial charge in [0.05, 0.1) is 19.9 Å². The number of ether oxygens (including phenoxy) is 2. The molecule has 0 saturated heterocycles. The van der Waals surface area contributed by atoms with Gasteiger partial charge in [-0.3, -0.25) is 4.98 Å². The largest absolute Gasteiger partial charge is 0.497 e. The molecule has 0 bridgehead atoms. The van der Waals surface area contributed by atoms with Crippen molar-refractivity contribution in [1.82, 2.24) is 9.29 Å². The van der Waals surface area contributed by atoms with E-state index in [1.165, 1.54) is 4.31 Å². The zero-order valence-electron chi connectivity index (χ0n) is 19.1. The molecular formula is C26H30N2O4S. The molecule has 1 aromatic heterocycles. The van der Waals surface area contributed by atoms with E-state index >= 15 is 0 Å². The maximum absolute atomic E-state index is 14.0. The van der Waals surface area contributed by atoms with E-state index in [1.807, 2.05) is 54.6 Å². The number of hydrogen-bond acceptors (Lipinski definition) is 5. The van der Waals surface area contributed by atoms with E-state index in [9.17, 15) is 8.42 Å². The number of rotatable bonds is 12. The topological polar surface area (TPSA) is 68.7 Å². The van der Waals surface area contributed by atoms with Gasteiger partial charge in [0.1, 0.15) is 16.7 Å². The maximum atomic E-state index is 14.0. The van der Waals surface area contributed by atoms with Crippen molar-refractivity contribution in [2.24, 2.45) is 0 Å². The Balaban J connectivity index is 1.98. The van der Waals surface area contributed by atoms with Crippen molar-refractivity contribution in [3.8, 4) is 11.5 Å². The van der Waals surface area contributed by atoms with Crippen LogP contribution in [0.5, 0.6) is 11.5 Å². The lowest BCUT2D eigenvalue weighted by molar-refractivity contribution is 0.389. The highest BCUT2D eigenvalue weighted by molar-refractivity contribution is 7.89. The summed E-state index contributed by atoms with van der Waals surface area (Å²) in [5.74, 6) is 1.45. The van der Waals surface area contributed by atoms with E-state index in [0.29, 0.717) is 18.5 Å². The fraction of sp³-hybridized carbons (Fsp3) is 0.269. The van der Waals surface area contributed by atoms with Crippen molar-refractivity contribution in [1.29, 1.82) is 0 Å². The summed E-state index contributed by atoms with van der Waals surface area (Å²) in [4.78, 5) is 4.37. The molecule has 0 aliphatic heterocycles. The number of sulfonamides is 1. The highest BCUT2D eigenvalue weighted by Gasteiger charge is 2.34. The average Bonchev–Trinajstić information content (AvgIpc) is 2.85. The van der Waals surface area contributed by atoms with Gasteiger partial charge in [-0.25, -0.2) is 8.42 Å². The zero-order chi connectivity index (χ0) is 23.7. The summed E-state index contributed by atoms with van der Waals surface area (Å²) in [7, 11) is -0.548. The first-order chi connectivity index (χ1) is 16.0. The highest BCUT2D eigenvalue weighted by Crippen LogP contribution is 2.31. The molecule has 0 saturated carbocycles. The van der Waals surface area contributed by atoms with Crippen molar-refractivity contribution in [3.63, 3.8) is 0 Å². The molecule has 3 aromatic rings. The van der Waals surface area contributed by atoms with Crippen molar-refractivity contribution in [2.75, 3.05) is 14.2 Å². The van der Waals surface area contributed by atoms with Crippen LogP contribution in [0.25, 0.3) is 0 Å². The van der Waals surface area contributed by atoms with Gasteiger partial charge in [0.15, 0.2) is 0 Å². The summed E-state index contributed by atoms with van der Waals surface area (Å²) in [6, 6.07) is 20.2. The standard InChI is InChI=1S/C26H30N2O4S/c1-4-5-9-26(25-8-6-7-18-27-25)33(29,30)28(19-21-10-14-23(31-2)15-11-21)20-22-12-16-24(32-3)17-13-22/h4,6-8,10-18,26H,1,5,9,19-20H2,2-3H3/t26-/m1/s1. The highest BCUT2D eigenvalue weighted by atomic mass is 32.2. The predicted octanol–water partition coefficient (Wildman–Crippen LogP) is 5.14. The molecule has 1 heterocycles. The van der Waals surface area contributed by atoms with Crippen LogP contribution >= 0.6 is 0 Å². The van der Waals surface area contributed by atoms with Gasteiger partial charge in [-0.1, -0.05) is 36.4 Å². The molecule has 0 aliphatic carbocycles. The van der Waals surface area contributed by atoms with E-state index in [2.05, 4.69) is 11.6 Å². The van der Waals surface area contributed by atoms with Gasteiger partial charge in [0.2, 0.25) is 10.0 Å². The van der Waals surface area contributed by atoms with Gasteiger partial charge >= 0.3 is 0 Å². The molecular weight excluding hydrogens is 436 g/mol. The molecule has 2 aromatic carbocycles. The SMILES string of the molecule is C=CCC[C@H](c1ccccn1)S(=O)(=O)N(Cc1ccc(OC)cc1)Cc1ccc(OC)cc1. The lowest BCUT2D eigenvalue weighted by Gasteiger charge is -2.28. The van der Waals surface area contributed by atoms with Gasteiger partial charge in [-0.05, 0) is 60.4 Å². The number of pyridine rings is 1. The first-order valence-corrected chi connectivity index (χ1v) is 12.2. The third-order valence-corrected chi connectivity index (χ3v) is 7.58. The van der Waals surface area contributed by atoms with Gasteiger partial charge in [0.25, 0.3) is 0 Å². The summed E-state index contributed by atoms with van der Waals surface area (Å²) in [6.45, 7) is 4.23. The van der Waals surface area contributed by atoms with Crippen LogP contribution < -0.4 is 9.47 Å². The molecule has 1 atom stereocenters. The molecule has 0 unspecified atom stereocenters. The fourth-order valence-corrected chi connectivity index (χ4v) is 5.47. The number of allylic oxidation sites excluding steroid dienone is 1. The number of methoxy groups -OCH3 is 2. The van der Waals surface area contributed by atoms with Crippen LogP contribution in [0.15, 0.2) is 85.6 Å². The normalized spacial score (nSPS) is 12.3. The third kappa shape index (κ3) is 6.43. The second-order valence-electron chi connectivity index (χ2n) is 7.62. The first-order valence-electron chi connectivity index (χ1n) is 10.7. The molecule has 6 nitrogen and oxygen atoms in total. The molecule has 0 spiro atoms. The summed E-state index contributed by atoms with van der Waals surface area (Å²) in [5, 5.41) is -0.770. The van der Waals surface area contributed by atoms with Crippen molar-refractivity contribution in [3.05, 3.63) is 102 Å². The van der Waals surface area contributed by atoms with Gasteiger partial charge in [-0.2, -0.15) is 4.31 Å². The molecule has 0 aliphatic rings. The number of nitrogens with zero attached hydrogens (tertiary/aromatic N) is 2. The zero-order valence-corrected chi connectivity index (χ0v) is 19.9. The Kier molecular flexibility index (Phi) is 8.63. The van der Waals surface area contributed by atoms with Crippen molar-refractivity contribution in [2.45, 2.75) is 31.2 Å². The van der Waals surface area contributed by atoms with Gasteiger partial charge in [0, 0.05) is 19.3 Å². The summed E-state index contributed by atoms with van der Waals surface area (Å²) >= 11 is 0. The summed E-state index contributed by atoms with van der Waals surface area (Å²) < 4.78 is 40.0. The number of benzene rings is 2. The minimum Gasteiger partial charge on any atom is -0.497 e. The Morgan fingerprint density at radius 1 is 0.909 bits per heavy atom. The van der Waals surface area contributed by atoms with Crippen LogP contribution in [0.1, 0.15) is 34.9 Å². The van der Waals surface area contributed by atoms with Crippen LogP contribution in [0.2, 0.25) is 0 Å². The summed E-state index contributed by atoms with van der Waals surface area (Å²) in [5.41, 5.74) is 2.28. The number of aromatic nitrogens is 1. The monoisotopic (exact) mass is 466 g/mol. The lowest BCUT2D eigenvalue weighted by atomic mass is 10.1. The number of hydrogen-bond donors (Lipinski definition) is 0. The van der Waals surface area contributed by atoms with Crippen LogP contribution in [0, 0.1) is 0 Å². The first kappa shape index (κ1) is 24.5. The van der Waals surface area contributed by atoms with Crippen LogP contribution in [-0.4, -0.2) is 31.9 Å². The minimum atomic E-state index is -3.76. The average molecular weight is 467 g/mol. The molecule has 0 N–H and O–H groups in total. The fourth-order valence-electron chi connectivity index (χ4n) is 3.57. The van der Waals surface area contributed by atoms with Crippen LogP contribution in [0.4, 0.5) is 0 Å². The van der Waals surface area contributed by atoms with E-state index < -0.39 is 15.3 Å². The van der Waals surface area contributed by atoms with Crippen molar-refractivity contribution >= 4 is 10.0 Å². The third-order valence-electron chi connectivity index (χ3n) is 5.41. The Morgan fingerprint density at radius 3 is 1.88 bits per heavy atom. The second kappa shape index (κ2) is 11.6. The second-order valence-corrected chi connectivity index (χ2v) is 9.73. The molecule has 0 amide bonds. The molecule has 0 fully saturated rings. The Morgan fingerprint density at radius 2 is 1.45 bits per heavy atom. The van der Waals surface area contributed by atoms with E-state index in [-0.39, 0.29) is 13.1 Å². The quantitative estimate of drug-likeness (QED) is 0.346.